The number of aryl methyl sites for hydroxylation is 2. The standard InChI is InChI=1S/C15H17FN4O/c1-10-9-19-11(2)14(20-10)17-7-8-18-15(21)12-5-3-4-6-13(12)16/h3-6,9H,7-8H2,1-2H3,(H,17,20)(H,18,21). The van der Waals surface area contributed by atoms with Crippen molar-refractivity contribution in [1.82, 2.24) is 15.3 Å². The van der Waals surface area contributed by atoms with Gasteiger partial charge >= 0.3 is 0 Å². The topological polar surface area (TPSA) is 66.9 Å². The molecule has 1 heterocycles. The van der Waals surface area contributed by atoms with Crippen molar-refractivity contribution in [2.45, 2.75) is 13.8 Å². The molecule has 2 aromatic rings. The fourth-order valence-electron chi connectivity index (χ4n) is 1.80. The number of anilines is 1. The first-order valence-corrected chi connectivity index (χ1v) is 6.65. The van der Waals surface area contributed by atoms with Gasteiger partial charge in [-0.15, -0.1) is 0 Å². The van der Waals surface area contributed by atoms with E-state index in [-0.39, 0.29) is 5.56 Å². The Morgan fingerprint density at radius 2 is 2.00 bits per heavy atom. The van der Waals surface area contributed by atoms with E-state index < -0.39 is 11.7 Å². The second-order valence-corrected chi connectivity index (χ2v) is 4.61. The summed E-state index contributed by atoms with van der Waals surface area (Å²) in [6.07, 6.45) is 1.69. The molecule has 0 aliphatic heterocycles. The Labute approximate surface area is 122 Å². The molecule has 1 amide bonds. The Kier molecular flexibility index (Phi) is 4.81. The van der Waals surface area contributed by atoms with Crippen molar-refractivity contribution in [2.75, 3.05) is 18.4 Å². The molecule has 21 heavy (non-hydrogen) atoms. The minimum Gasteiger partial charge on any atom is -0.367 e. The van der Waals surface area contributed by atoms with Crippen molar-refractivity contribution in [1.29, 1.82) is 0 Å². The van der Waals surface area contributed by atoms with Crippen molar-refractivity contribution >= 4 is 11.7 Å². The summed E-state index contributed by atoms with van der Waals surface area (Å²) < 4.78 is 13.4. The third kappa shape index (κ3) is 3.98. The van der Waals surface area contributed by atoms with Crippen LogP contribution in [0.2, 0.25) is 0 Å². The van der Waals surface area contributed by atoms with Gasteiger partial charge in [0.1, 0.15) is 11.6 Å². The lowest BCUT2D eigenvalue weighted by atomic mass is 10.2. The maximum atomic E-state index is 13.4. The first kappa shape index (κ1) is 14.9. The Morgan fingerprint density at radius 1 is 1.24 bits per heavy atom. The molecule has 6 heteroatoms. The van der Waals surface area contributed by atoms with Gasteiger partial charge in [-0.1, -0.05) is 12.1 Å². The summed E-state index contributed by atoms with van der Waals surface area (Å²) in [5, 5.41) is 5.75. The number of carbonyl (C=O) groups is 1. The molecular formula is C15H17FN4O. The molecule has 110 valence electrons. The minimum atomic E-state index is -0.525. The van der Waals surface area contributed by atoms with E-state index >= 15 is 0 Å². The molecule has 0 fully saturated rings. The lowest BCUT2D eigenvalue weighted by Crippen LogP contribution is -2.29. The molecule has 0 bridgehead atoms. The number of nitrogens with one attached hydrogen (secondary N) is 2. The van der Waals surface area contributed by atoms with Gasteiger partial charge in [-0.25, -0.2) is 9.37 Å². The molecule has 2 N–H and O–H groups in total. The summed E-state index contributed by atoms with van der Waals surface area (Å²) in [6, 6.07) is 5.89. The summed E-state index contributed by atoms with van der Waals surface area (Å²) in [6.45, 7) is 4.56. The predicted octanol–water partition coefficient (Wildman–Crippen LogP) is 2.07. The highest BCUT2D eigenvalue weighted by atomic mass is 19.1. The Bertz CT molecular complexity index is 645. The maximum Gasteiger partial charge on any atom is 0.254 e. The van der Waals surface area contributed by atoms with Gasteiger partial charge in [0.15, 0.2) is 0 Å². The Morgan fingerprint density at radius 3 is 2.76 bits per heavy atom. The number of nitrogens with zero attached hydrogens (tertiary/aromatic N) is 2. The highest BCUT2D eigenvalue weighted by Crippen LogP contribution is 2.08. The zero-order chi connectivity index (χ0) is 15.2. The first-order chi connectivity index (χ1) is 10.1. The molecule has 0 saturated carbocycles. The molecule has 1 aromatic heterocycles. The zero-order valence-electron chi connectivity index (χ0n) is 12.0. The number of hydrogen-bond acceptors (Lipinski definition) is 4. The van der Waals surface area contributed by atoms with Crippen molar-refractivity contribution < 1.29 is 9.18 Å². The van der Waals surface area contributed by atoms with Crippen LogP contribution in [0.5, 0.6) is 0 Å². The number of rotatable bonds is 5. The molecule has 0 aliphatic rings. The Balaban J connectivity index is 1.84. The van der Waals surface area contributed by atoms with Gasteiger partial charge in [0, 0.05) is 19.3 Å². The third-order valence-electron chi connectivity index (χ3n) is 2.90. The molecular weight excluding hydrogens is 271 g/mol. The van der Waals surface area contributed by atoms with E-state index in [1.165, 1.54) is 12.1 Å². The van der Waals surface area contributed by atoms with Gasteiger partial charge < -0.3 is 10.6 Å². The number of aromatic nitrogens is 2. The van der Waals surface area contributed by atoms with E-state index in [0.29, 0.717) is 18.9 Å². The molecule has 0 saturated heterocycles. The van der Waals surface area contributed by atoms with E-state index in [4.69, 9.17) is 0 Å². The summed E-state index contributed by atoms with van der Waals surface area (Å²) in [5.74, 6) is -0.263. The van der Waals surface area contributed by atoms with Crippen molar-refractivity contribution in [2.24, 2.45) is 0 Å². The van der Waals surface area contributed by atoms with Crippen LogP contribution >= 0.6 is 0 Å². The molecule has 0 unspecified atom stereocenters. The number of benzene rings is 1. The van der Waals surface area contributed by atoms with Crippen LogP contribution in [-0.4, -0.2) is 29.0 Å². The van der Waals surface area contributed by atoms with Crippen LogP contribution in [0.1, 0.15) is 21.7 Å². The lowest BCUT2D eigenvalue weighted by Gasteiger charge is -2.09. The predicted molar refractivity (Wildman–Crippen MR) is 78.7 cm³/mol. The fourth-order valence-corrected chi connectivity index (χ4v) is 1.80. The average Bonchev–Trinajstić information content (AvgIpc) is 2.47. The van der Waals surface area contributed by atoms with E-state index in [1.54, 1.807) is 18.3 Å². The van der Waals surface area contributed by atoms with E-state index in [9.17, 15) is 9.18 Å². The summed E-state index contributed by atoms with van der Waals surface area (Å²) in [5.41, 5.74) is 1.66. The van der Waals surface area contributed by atoms with Gasteiger partial charge in [-0.3, -0.25) is 9.78 Å². The van der Waals surface area contributed by atoms with Crippen LogP contribution in [0.15, 0.2) is 30.5 Å². The van der Waals surface area contributed by atoms with Crippen LogP contribution in [0, 0.1) is 19.7 Å². The van der Waals surface area contributed by atoms with Crippen LogP contribution < -0.4 is 10.6 Å². The fraction of sp³-hybridized carbons (Fsp3) is 0.267. The number of amides is 1. The minimum absolute atomic E-state index is 0.0454. The summed E-state index contributed by atoms with van der Waals surface area (Å²) in [4.78, 5) is 20.3. The quantitative estimate of drug-likeness (QED) is 0.827. The van der Waals surface area contributed by atoms with Gasteiger partial charge in [0.25, 0.3) is 5.91 Å². The molecule has 5 nitrogen and oxygen atoms in total. The number of carbonyl (C=O) groups excluding carboxylic acids is 1. The van der Waals surface area contributed by atoms with E-state index in [0.717, 1.165) is 11.4 Å². The van der Waals surface area contributed by atoms with Crippen LogP contribution in [0.3, 0.4) is 0 Å². The molecule has 0 aliphatic carbocycles. The monoisotopic (exact) mass is 288 g/mol. The highest BCUT2D eigenvalue weighted by Gasteiger charge is 2.09. The van der Waals surface area contributed by atoms with Gasteiger partial charge in [0.2, 0.25) is 0 Å². The van der Waals surface area contributed by atoms with Crippen LogP contribution in [-0.2, 0) is 0 Å². The maximum absolute atomic E-state index is 13.4. The SMILES string of the molecule is Cc1cnc(C)c(NCCNC(=O)c2ccccc2F)n1. The van der Waals surface area contributed by atoms with E-state index in [1.807, 2.05) is 13.8 Å². The lowest BCUT2D eigenvalue weighted by molar-refractivity contribution is 0.0951. The normalized spacial score (nSPS) is 10.2. The number of hydrogen-bond donors (Lipinski definition) is 2. The smallest absolute Gasteiger partial charge is 0.254 e. The molecule has 0 radical (unpaired) electrons. The Hall–Kier alpha value is -2.50. The highest BCUT2D eigenvalue weighted by molar-refractivity contribution is 5.94. The third-order valence-corrected chi connectivity index (χ3v) is 2.90. The van der Waals surface area contributed by atoms with Gasteiger partial charge in [0.05, 0.1) is 17.0 Å². The molecule has 1 aromatic carbocycles. The summed E-state index contributed by atoms with van der Waals surface area (Å²) >= 11 is 0. The van der Waals surface area contributed by atoms with Crippen molar-refractivity contribution in [3.63, 3.8) is 0 Å². The van der Waals surface area contributed by atoms with Crippen LogP contribution in [0.4, 0.5) is 10.2 Å². The second kappa shape index (κ2) is 6.78. The molecule has 0 atom stereocenters. The average molecular weight is 288 g/mol. The largest absolute Gasteiger partial charge is 0.367 e. The number of halogens is 1. The second-order valence-electron chi connectivity index (χ2n) is 4.61. The van der Waals surface area contributed by atoms with Gasteiger partial charge in [-0.05, 0) is 26.0 Å². The van der Waals surface area contributed by atoms with Crippen molar-refractivity contribution in [3.05, 3.63) is 53.2 Å². The van der Waals surface area contributed by atoms with Crippen molar-refractivity contribution in [3.8, 4) is 0 Å². The molecule has 2 rings (SSSR count). The zero-order valence-corrected chi connectivity index (χ0v) is 12.0. The van der Waals surface area contributed by atoms with Gasteiger partial charge in [-0.2, -0.15) is 0 Å². The van der Waals surface area contributed by atoms with Crippen LogP contribution in [0.25, 0.3) is 0 Å². The first-order valence-electron chi connectivity index (χ1n) is 6.65. The van der Waals surface area contributed by atoms with E-state index in [2.05, 4.69) is 20.6 Å². The summed E-state index contributed by atoms with van der Waals surface area (Å²) in [7, 11) is 0. The molecule has 0 spiro atoms.